The lowest BCUT2D eigenvalue weighted by atomic mass is 10.1. The van der Waals surface area contributed by atoms with Crippen LogP contribution in [0.15, 0.2) is 40.9 Å². The Morgan fingerprint density at radius 3 is 2.53 bits per heavy atom. The van der Waals surface area contributed by atoms with Crippen molar-refractivity contribution in [3.63, 3.8) is 0 Å². The number of nitrogens with two attached hydrogens (primary N) is 1. The fraction of sp³-hybridized carbons (Fsp3) is 0.143. The molecule has 0 radical (unpaired) electrons. The van der Waals surface area contributed by atoms with E-state index in [2.05, 4.69) is 15.9 Å². The highest BCUT2D eigenvalue weighted by Crippen LogP contribution is 2.32. The summed E-state index contributed by atoms with van der Waals surface area (Å²) in [5.74, 6) is -0.514. The average molecular weight is 328 g/mol. The number of para-hydroxylation sites is 1. The van der Waals surface area contributed by atoms with Gasteiger partial charge in [0, 0.05) is 11.6 Å². The monoisotopic (exact) mass is 327 g/mol. The lowest BCUT2D eigenvalue weighted by Gasteiger charge is -2.14. The van der Waals surface area contributed by atoms with Crippen LogP contribution in [0.2, 0.25) is 0 Å². The van der Waals surface area contributed by atoms with Crippen molar-refractivity contribution in [1.82, 2.24) is 0 Å². The quantitative estimate of drug-likeness (QED) is 0.898. The number of hydrogen-bond acceptors (Lipinski definition) is 2. The largest absolute Gasteiger partial charge is 0.454 e. The Morgan fingerprint density at radius 2 is 1.89 bits per heavy atom. The third-order valence-electron chi connectivity index (χ3n) is 2.60. The maximum Gasteiger partial charge on any atom is 0.167 e. The Balaban J connectivity index is 2.40. The standard InChI is InChI=1S/C14H12BrF2NO/c1-8(18)10-3-2-4-13(17)14(10)19-9-5-6-12(16)11(15)7-9/h2-8H,18H2,1H3/t8-/m1/s1. The molecule has 0 amide bonds. The van der Waals surface area contributed by atoms with Crippen LogP contribution in [-0.2, 0) is 0 Å². The van der Waals surface area contributed by atoms with Crippen LogP contribution < -0.4 is 10.5 Å². The van der Waals surface area contributed by atoms with E-state index >= 15 is 0 Å². The molecule has 2 aromatic carbocycles. The van der Waals surface area contributed by atoms with E-state index in [0.29, 0.717) is 11.3 Å². The van der Waals surface area contributed by atoms with Crippen molar-refractivity contribution in [2.24, 2.45) is 5.73 Å². The highest BCUT2D eigenvalue weighted by molar-refractivity contribution is 9.10. The van der Waals surface area contributed by atoms with Crippen LogP contribution in [0.1, 0.15) is 18.5 Å². The molecule has 2 aromatic rings. The summed E-state index contributed by atoms with van der Waals surface area (Å²) in [6.07, 6.45) is 0. The summed E-state index contributed by atoms with van der Waals surface area (Å²) in [5, 5.41) is 0. The zero-order chi connectivity index (χ0) is 14.0. The molecule has 0 fully saturated rings. The van der Waals surface area contributed by atoms with Crippen LogP contribution in [0.4, 0.5) is 8.78 Å². The van der Waals surface area contributed by atoms with Crippen molar-refractivity contribution in [3.8, 4) is 11.5 Å². The van der Waals surface area contributed by atoms with Crippen LogP contribution in [0.5, 0.6) is 11.5 Å². The minimum absolute atomic E-state index is 0.0657. The minimum Gasteiger partial charge on any atom is -0.454 e. The van der Waals surface area contributed by atoms with E-state index in [0.717, 1.165) is 0 Å². The molecule has 0 heterocycles. The van der Waals surface area contributed by atoms with Crippen molar-refractivity contribution in [1.29, 1.82) is 0 Å². The predicted octanol–water partition coefficient (Wildman–Crippen LogP) is 4.54. The van der Waals surface area contributed by atoms with Crippen LogP contribution >= 0.6 is 15.9 Å². The Bertz CT molecular complexity index is 602. The molecule has 100 valence electrons. The first-order valence-electron chi connectivity index (χ1n) is 5.66. The Hall–Kier alpha value is -1.46. The molecule has 2 N–H and O–H groups in total. The first kappa shape index (κ1) is 14.0. The summed E-state index contributed by atoms with van der Waals surface area (Å²) >= 11 is 3.05. The number of hydrogen-bond donors (Lipinski definition) is 1. The van der Waals surface area contributed by atoms with Crippen molar-refractivity contribution in [2.45, 2.75) is 13.0 Å². The van der Waals surface area contributed by atoms with Gasteiger partial charge in [0.2, 0.25) is 0 Å². The number of rotatable bonds is 3. The molecular formula is C14H12BrF2NO. The second-order valence-electron chi connectivity index (χ2n) is 4.12. The average Bonchev–Trinajstić information content (AvgIpc) is 2.36. The molecule has 0 bridgehead atoms. The van der Waals surface area contributed by atoms with Crippen molar-refractivity contribution in [3.05, 3.63) is 58.1 Å². The number of halogens is 3. The Kier molecular flexibility index (Phi) is 4.17. The maximum atomic E-state index is 13.8. The molecule has 0 saturated heterocycles. The molecule has 0 aromatic heterocycles. The van der Waals surface area contributed by atoms with Gasteiger partial charge in [-0.3, -0.25) is 0 Å². The van der Waals surface area contributed by atoms with Gasteiger partial charge in [-0.1, -0.05) is 12.1 Å². The number of ether oxygens (including phenoxy) is 1. The van der Waals surface area contributed by atoms with Crippen LogP contribution in [0, 0.1) is 11.6 Å². The van der Waals surface area contributed by atoms with E-state index in [1.807, 2.05) is 0 Å². The molecule has 5 heteroatoms. The molecule has 0 aliphatic rings. The lowest BCUT2D eigenvalue weighted by molar-refractivity contribution is 0.431. The third kappa shape index (κ3) is 3.11. The van der Waals surface area contributed by atoms with Crippen molar-refractivity contribution >= 4 is 15.9 Å². The highest BCUT2D eigenvalue weighted by atomic mass is 79.9. The Morgan fingerprint density at radius 1 is 1.16 bits per heavy atom. The van der Waals surface area contributed by atoms with Gasteiger partial charge in [-0.2, -0.15) is 0 Å². The second-order valence-corrected chi connectivity index (χ2v) is 4.98. The zero-order valence-electron chi connectivity index (χ0n) is 10.2. The first-order chi connectivity index (χ1) is 8.99. The topological polar surface area (TPSA) is 35.2 Å². The van der Waals surface area contributed by atoms with Gasteiger partial charge >= 0.3 is 0 Å². The summed E-state index contributed by atoms with van der Waals surface area (Å²) in [6, 6.07) is 8.30. The molecule has 19 heavy (non-hydrogen) atoms. The molecule has 0 spiro atoms. The second kappa shape index (κ2) is 5.67. The molecule has 2 nitrogen and oxygen atoms in total. The van der Waals surface area contributed by atoms with Gasteiger partial charge in [0.1, 0.15) is 11.6 Å². The molecule has 1 atom stereocenters. The fourth-order valence-electron chi connectivity index (χ4n) is 1.65. The minimum atomic E-state index is -0.504. The lowest BCUT2D eigenvalue weighted by Crippen LogP contribution is -2.07. The van der Waals surface area contributed by atoms with Gasteiger partial charge in [0.25, 0.3) is 0 Å². The summed E-state index contributed by atoms with van der Waals surface area (Å²) in [7, 11) is 0. The van der Waals surface area contributed by atoms with E-state index in [1.54, 1.807) is 19.1 Å². The van der Waals surface area contributed by atoms with E-state index in [-0.39, 0.29) is 16.3 Å². The predicted molar refractivity (Wildman–Crippen MR) is 73.2 cm³/mol. The summed E-state index contributed by atoms with van der Waals surface area (Å²) in [5.41, 5.74) is 6.33. The van der Waals surface area contributed by atoms with E-state index in [1.165, 1.54) is 24.3 Å². The SMILES string of the molecule is C[C@@H](N)c1cccc(F)c1Oc1ccc(F)c(Br)c1. The van der Waals surface area contributed by atoms with Crippen molar-refractivity contribution in [2.75, 3.05) is 0 Å². The van der Waals surface area contributed by atoms with Crippen LogP contribution in [0.3, 0.4) is 0 Å². The summed E-state index contributed by atoms with van der Waals surface area (Å²) < 4.78 is 32.7. The Labute approximate surface area is 118 Å². The summed E-state index contributed by atoms with van der Waals surface area (Å²) in [6.45, 7) is 1.74. The van der Waals surface area contributed by atoms with Gasteiger partial charge in [-0.05, 0) is 47.1 Å². The van der Waals surface area contributed by atoms with Gasteiger partial charge in [-0.25, -0.2) is 8.78 Å². The van der Waals surface area contributed by atoms with Crippen LogP contribution in [0.25, 0.3) is 0 Å². The fourth-order valence-corrected chi connectivity index (χ4v) is 2.01. The first-order valence-corrected chi connectivity index (χ1v) is 6.45. The highest BCUT2D eigenvalue weighted by Gasteiger charge is 2.14. The van der Waals surface area contributed by atoms with E-state index in [4.69, 9.17) is 10.5 Å². The zero-order valence-corrected chi connectivity index (χ0v) is 11.7. The third-order valence-corrected chi connectivity index (χ3v) is 3.21. The molecule has 0 aliphatic heterocycles. The maximum absolute atomic E-state index is 13.8. The molecule has 0 aliphatic carbocycles. The molecular weight excluding hydrogens is 316 g/mol. The van der Waals surface area contributed by atoms with Gasteiger partial charge in [-0.15, -0.1) is 0 Å². The van der Waals surface area contributed by atoms with Gasteiger partial charge in [0.05, 0.1) is 4.47 Å². The molecule has 0 unspecified atom stereocenters. The van der Waals surface area contributed by atoms with Crippen LogP contribution in [-0.4, -0.2) is 0 Å². The summed E-state index contributed by atoms with van der Waals surface area (Å²) in [4.78, 5) is 0. The normalized spacial score (nSPS) is 12.3. The smallest absolute Gasteiger partial charge is 0.167 e. The van der Waals surface area contributed by atoms with Gasteiger partial charge < -0.3 is 10.5 Å². The van der Waals surface area contributed by atoms with E-state index in [9.17, 15) is 8.78 Å². The van der Waals surface area contributed by atoms with Crippen molar-refractivity contribution < 1.29 is 13.5 Å². The number of benzene rings is 2. The van der Waals surface area contributed by atoms with Gasteiger partial charge in [0.15, 0.2) is 11.6 Å². The molecule has 0 saturated carbocycles. The van der Waals surface area contributed by atoms with E-state index < -0.39 is 11.6 Å². The molecule has 2 rings (SSSR count).